The zero-order chi connectivity index (χ0) is 11.7. The van der Waals surface area contributed by atoms with Crippen LogP contribution in [0, 0.1) is 11.3 Å². The molecule has 1 heteroatoms. The SMILES string of the molecule is N#CC1(c2ccc3ccccc3c2)CCCC1. The van der Waals surface area contributed by atoms with Gasteiger partial charge in [0.2, 0.25) is 0 Å². The van der Waals surface area contributed by atoms with E-state index in [1.54, 1.807) is 0 Å². The highest BCUT2D eigenvalue weighted by Gasteiger charge is 2.35. The van der Waals surface area contributed by atoms with Gasteiger partial charge in [-0.25, -0.2) is 0 Å². The molecule has 0 unspecified atom stereocenters. The van der Waals surface area contributed by atoms with Gasteiger partial charge >= 0.3 is 0 Å². The minimum Gasteiger partial charge on any atom is -0.197 e. The van der Waals surface area contributed by atoms with Gasteiger partial charge in [-0.3, -0.25) is 0 Å². The van der Waals surface area contributed by atoms with E-state index in [1.807, 2.05) is 0 Å². The molecule has 2 aromatic rings. The normalized spacial score (nSPS) is 18.1. The summed E-state index contributed by atoms with van der Waals surface area (Å²) in [6.45, 7) is 0. The predicted molar refractivity (Wildman–Crippen MR) is 69.7 cm³/mol. The number of benzene rings is 2. The lowest BCUT2D eigenvalue weighted by molar-refractivity contribution is 0.574. The molecule has 1 aliphatic rings. The van der Waals surface area contributed by atoms with Crippen LogP contribution in [0.25, 0.3) is 10.8 Å². The van der Waals surface area contributed by atoms with Gasteiger partial charge in [-0.15, -0.1) is 0 Å². The molecule has 1 saturated carbocycles. The third-order valence-corrected chi connectivity index (χ3v) is 3.97. The van der Waals surface area contributed by atoms with Gasteiger partial charge in [0.1, 0.15) is 0 Å². The van der Waals surface area contributed by atoms with Crippen molar-refractivity contribution in [1.29, 1.82) is 5.26 Å². The molecular weight excluding hydrogens is 206 g/mol. The van der Waals surface area contributed by atoms with Crippen LogP contribution in [0.4, 0.5) is 0 Å². The van der Waals surface area contributed by atoms with E-state index in [0.29, 0.717) is 0 Å². The highest BCUT2D eigenvalue weighted by Crippen LogP contribution is 2.41. The molecule has 0 saturated heterocycles. The number of hydrogen-bond donors (Lipinski definition) is 0. The van der Waals surface area contributed by atoms with Crippen molar-refractivity contribution in [3.8, 4) is 6.07 Å². The summed E-state index contributed by atoms with van der Waals surface area (Å²) in [5.41, 5.74) is 0.987. The van der Waals surface area contributed by atoms with Crippen LogP contribution < -0.4 is 0 Å². The van der Waals surface area contributed by atoms with Crippen molar-refractivity contribution in [2.75, 3.05) is 0 Å². The molecule has 1 nitrogen and oxygen atoms in total. The maximum atomic E-state index is 9.49. The fourth-order valence-corrected chi connectivity index (χ4v) is 2.93. The van der Waals surface area contributed by atoms with Gasteiger partial charge in [0, 0.05) is 0 Å². The van der Waals surface area contributed by atoms with Crippen LogP contribution in [-0.4, -0.2) is 0 Å². The van der Waals surface area contributed by atoms with Crippen LogP contribution >= 0.6 is 0 Å². The minimum absolute atomic E-state index is 0.218. The van der Waals surface area contributed by atoms with Crippen molar-refractivity contribution in [3.63, 3.8) is 0 Å². The summed E-state index contributed by atoms with van der Waals surface area (Å²) in [4.78, 5) is 0. The van der Waals surface area contributed by atoms with Gasteiger partial charge in [-0.2, -0.15) is 5.26 Å². The average molecular weight is 221 g/mol. The summed E-state index contributed by atoms with van der Waals surface area (Å²) in [7, 11) is 0. The van der Waals surface area contributed by atoms with Crippen molar-refractivity contribution in [2.45, 2.75) is 31.1 Å². The summed E-state index contributed by atoms with van der Waals surface area (Å²) in [6, 6.07) is 17.4. The van der Waals surface area contributed by atoms with Crippen molar-refractivity contribution < 1.29 is 0 Å². The minimum atomic E-state index is -0.218. The predicted octanol–water partition coefficient (Wildman–Crippen LogP) is 4.18. The van der Waals surface area contributed by atoms with Crippen LogP contribution in [0.15, 0.2) is 42.5 Å². The quantitative estimate of drug-likeness (QED) is 0.708. The lowest BCUT2D eigenvalue weighted by Crippen LogP contribution is -2.18. The van der Waals surface area contributed by atoms with Crippen molar-refractivity contribution in [2.24, 2.45) is 0 Å². The first-order valence-electron chi connectivity index (χ1n) is 6.25. The third-order valence-electron chi connectivity index (χ3n) is 3.97. The maximum absolute atomic E-state index is 9.49. The Kier molecular flexibility index (Phi) is 2.37. The molecule has 0 atom stereocenters. The number of nitrogens with zero attached hydrogens (tertiary/aromatic N) is 1. The van der Waals surface area contributed by atoms with E-state index >= 15 is 0 Å². The first-order valence-corrected chi connectivity index (χ1v) is 6.25. The molecule has 84 valence electrons. The lowest BCUT2D eigenvalue weighted by Gasteiger charge is -2.21. The zero-order valence-corrected chi connectivity index (χ0v) is 9.82. The Hall–Kier alpha value is -1.81. The Balaban J connectivity index is 2.15. The molecule has 17 heavy (non-hydrogen) atoms. The fourth-order valence-electron chi connectivity index (χ4n) is 2.93. The second-order valence-corrected chi connectivity index (χ2v) is 4.96. The number of nitriles is 1. The first kappa shape index (κ1) is 10.4. The van der Waals surface area contributed by atoms with Gasteiger partial charge in [0.05, 0.1) is 11.5 Å². The van der Waals surface area contributed by atoms with Crippen LogP contribution in [0.2, 0.25) is 0 Å². The van der Waals surface area contributed by atoms with Gasteiger partial charge in [0.15, 0.2) is 0 Å². The second kappa shape index (κ2) is 3.89. The highest BCUT2D eigenvalue weighted by atomic mass is 14.4. The molecule has 0 heterocycles. The average Bonchev–Trinajstić information content (AvgIpc) is 2.88. The van der Waals surface area contributed by atoms with Gasteiger partial charge in [-0.1, -0.05) is 49.2 Å². The molecule has 1 fully saturated rings. The summed E-state index contributed by atoms with van der Waals surface area (Å²) >= 11 is 0. The van der Waals surface area contributed by atoms with E-state index in [0.717, 1.165) is 12.8 Å². The smallest absolute Gasteiger partial charge is 0.0822 e. The topological polar surface area (TPSA) is 23.8 Å². The van der Waals surface area contributed by atoms with E-state index in [4.69, 9.17) is 0 Å². The van der Waals surface area contributed by atoms with Crippen molar-refractivity contribution in [3.05, 3.63) is 48.0 Å². The summed E-state index contributed by atoms with van der Waals surface area (Å²) in [5, 5.41) is 12.0. The van der Waals surface area contributed by atoms with Crippen LogP contribution in [0.3, 0.4) is 0 Å². The number of rotatable bonds is 1. The number of fused-ring (bicyclic) bond motifs is 1. The van der Waals surface area contributed by atoms with E-state index in [9.17, 15) is 5.26 Å². The van der Waals surface area contributed by atoms with Crippen LogP contribution in [0.5, 0.6) is 0 Å². The monoisotopic (exact) mass is 221 g/mol. The summed E-state index contributed by atoms with van der Waals surface area (Å²) < 4.78 is 0. The van der Waals surface area contributed by atoms with Crippen molar-refractivity contribution >= 4 is 10.8 Å². The first-order chi connectivity index (χ1) is 8.34. The molecule has 1 aliphatic carbocycles. The van der Waals surface area contributed by atoms with Gasteiger partial charge in [-0.05, 0) is 35.2 Å². The van der Waals surface area contributed by atoms with Crippen molar-refractivity contribution in [1.82, 2.24) is 0 Å². The lowest BCUT2D eigenvalue weighted by atomic mass is 9.80. The summed E-state index contributed by atoms with van der Waals surface area (Å²) in [6.07, 6.45) is 4.39. The van der Waals surface area contributed by atoms with Crippen LogP contribution in [0.1, 0.15) is 31.2 Å². The molecule has 2 aromatic carbocycles. The van der Waals surface area contributed by atoms with E-state index < -0.39 is 0 Å². The molecule has 0 radical (unpaired) electrons. The van der Waals surface area contributed by atoms with Gasteiger partial charge in [0.25, 0.3) is 0 Å². The molecule has 0 aliphatic heterocycles. The standard InChI is InChI=1S/C16H15N/c17-12-16(9-3-4-10-16)15-8-7-13-5-1-2-6-14(13)11-15/h1-2,5-8,11H,3-4,9-10H2. The summed E-state index contributed by atoms with van der Waals surface area (Å²) in [5.74, 6) is 0. The Morgan fingerprint density at radius 1 is 0.941 bits per heavy atom. The zero-order valence-electron chi connectivity index (χ0n) is 9.82. The fraction of sp³-hybridized carbons (Fsp3) is 0.312. The molecular formula is C16H15N. The molecule has 0 N–H and O–H groups in total. The van der Waals surface area contributed by atoms with E-state index in [-0.39, 0.29) is 5.41 Å². The van der Waals surface area contributed by atoms with E-state index in [1.165, 1.54) is 29.2 Å². The molecule has 0 spiro atoms. The van der Waals surface area contributed by atoms with Crippen LogP contribution in [-0.2, 0) is 5.41 Å². The Morgan fingerprint density at radius 2 is 1.65 bits per heavy atom. The largest absolute Gasteiger partial charge is 0.197 e. The second-order valence-electron chi connectivity index (χ2n) is 4.96. The molecule has 0 amide bonds. The maximum Gasteiger partial charge on any atom is 0.0822 e. The molecule has 0 bridgehead atoms. The van der Waals surface area contributed by atoms with Gasteiger partial charge < -0.3 is 0 Å². The highest BCUT2D eigenvalue weighted by molar-refractivity contribution is 5.83. The Morgan fingerprint density at radius 3 is 2.35 bits per heavy atom. The number of hydrogen-bond acceptors (Lipinski definition) is 1. The molecule has 3 rings (SSSR count). The Bertz CT molecular complexity index is 586. The Labute approximate surface area is 102 Å². The van der Waals surface area contributed by atoms with E-state index in [2.05, 4.69) is 48.5 Å². The molecule has 0 aromatic heterocycles. The third kappa shape index (κ3) is 1.61.